The van der Waals surface area contributed by atoms with E-state index in [0.29, 0.717) is 6.42 Å². The number of hydrogen-bond donors (Lipinski definition) is 1. The van der Waals surface area contributed by atoms with E-state index in [1.165, 1.54) is 5.57 Å². The van der Waals surface area contributed by atoms with Crippen molar-refractivity contribution in [1.82, 2.24) is 9.97 Å². The van der Waals surface area contributed by atoms with Gasteiger partial charge in [-0.2, -0.15) is 0 Å². The number of H-pyrrole nitrogens is 1. The summed E-state index contributed by atoms with van der Waals surface area (Å²) in [5.41, 5.74) is 11.0. The topological polar surface area (TPSA) is 61.7 Å². The summed E-state index contributed by atoms with van der Waals surface area (Å²) >= 11 is 0. The van der Waals surface area contributed by atoms with Gasteiger partial charge in [0, 0.05) is 5.57 Å². The second kappa shape index (κ2) is 6.84. The number of nitrogens with one attached hydrogen (secondary N) is 2. The molecule has 0 saturated carbocycles. The van der Waals surface area contributed by atoms with Crippen molar-refractivity contribution < 1.29 is 62.9 Å². The fourth-order valence-electron chi connectivity index (χ4n) is 2.51. The molecule has 1 aromatic heterocycles. The van der Waals surface area contributed by atoms with Crippen LogP contribution in [-0.4, -0.2) is 22.1 Å². The molecule has 0 aromatic carbocycles. The van der Waals surface area contributed by atoms with Crippen LogP contribution in [0, 0.1) is 0 Å². The molecule has 1 fully saturated rings. The third kappa shape index (κ3) is 3.80. The van der Waals surface area contributed by atoms with E-state index in [9.17, 15) is 0 Å². The van der Waals surface area contributed by atoms with Gasteiger partial charge in [-0.05, 0) is 37.0 Å². The first-order valence-electron chi connectivity index (χ1n) is 6.65. The molecular weight excluding hydrogens is 324 g/mol. The predicted octanol–water partition coefficient (Wildman–Crippen LogP) is 0.632. The number of rotatable bonds is 1. The van der Waals surface area contributed by atoms with Crippen LogP contribution >= 0.6 is 0 Å². The predicted molar refractivity (Wildman–Crippen MR) is 75.3 cm³/mol. The van der Waals surface area contributed by atoms with Gasteiger partial charge in [0.15, 0.2) is 0 Å². The number of aromatic amines is 1. The van der Waals surface area contributed by atoms with Crippen LogP contribution in [0.25, 0.3) is 11.8 Å². The number of ether oxygens (including phenoxy) is 1. The zero-order valence-electron chi connectivity index (χ0n) is 12.1. The van der Waals surface area contributed by atoms with Crippen molar-refractivity contribution in [3.05, 3.63) is 53.0 Å². The summed E-state index contributed by atoms with van der Waals surface area (Å²) < 4.78 is 5.79. The summed E-state index contributed by atoms with van der Waals surface area (Å²) in [7, 11) is 0. The van der Waals surface area contributed by atoms with E-state index < -0.39 is 5.54 Å². The minimum atomic E-state index is -0.542. The van der Waals surface area contributed by atoms with E-state index in [2.05, 4.69) is 22.1 Å². The number of aromatic nitrogens is 2. The molecule has 1 aliphatic carbocycles. The Morgan fingerprint density at radius 1 is 1.50 bits per heavy atom. The summed E-state index contributed by atoms with van der Waals surface area (Å²) in [5, 5.41) is 0. The van der Waals surface area contributed by atoms with Gasteiger partial charge in [0.2, 0.25) is 0 Å². The molecule has 2 aliphatic rings. The minimum absolute atomic E-state index is 0. The molecule has 3 rings (SSSR count). The van der Waals surface area contributed by atoms with Crippen molar-refractivity contribution in [3.63, 3.8) is 0 Å². The van der Waals surface area contributed by atoms with Crippen molar-refractivity contribution in [1.29, 1.82) is 0 Å². The first-order valence-corrected chi connectivity index (χ1v) is 6.65. The van der Waals surface area contributed by atoms with Crippen LogP contribution in [-0.2, 0) is 4.74 Å². The van der Waals surface area contributed by atoms with E-state index >= 15 is 0 Å². The first kappa shape index (κ1) is 16.4. The smallest absolute Gasteiger partial charge is 0.669 e. The Balaban J connectivity index is 0.00000147. The minimum Gasteiger partial charge on any atom is -0.669 e. The Labute approximate surface area is 168 Å². The van der Waals surface area contributed by atoms with Gasteiger partial charge in [0.05, 0.1) is 24.8 Å². The number of nitrogens with zero attached hydrogens (tertiary/aromatic N) is 1. The maximum Gasteiger partial charge on any atom is 1.00 e. The monoisotopic (exact) mass is 341 g/mol. The number of fused-ring (bicyclic) bond motifs is 1. The third-order valence-corrected chi connectivity index (χ3v) is 3.48. The van der Waals surface area contributed by atoms with E-state index in [0.717, 1.165) is 36.5 Å². The fraction of sp³-hybridized carbons (Fsp3) is 0.400. The molecular formula is C15H18N3ORb. The first-order chi connectivity index (χ1) is 9.14. The molecule has 5 heteroatoms. The van der Waals surface area contributed by atoms with Crippen molar-refractivity contribution in [2.75, 3.05) is 6.61 Å². The fourth-order valence-corrected chi connectivity index (χ4v) is 2.51. The van der Waals surface area contributed by atoms with E-state index in [1.807, 2.05) is 19.2 Å². The Morgan fingerprint density at radius 3 is 3.10 bits per heavy atom. The molecule has 0 amide bonds. The molecule has 20 heavy (non-hydrogen) atoms. The summed E-state index contributed by atoms with van der Waals surface area (Å²) in [6, 6.07) is 0. The van der Waals surface area contributed by atoms with Gasteiger partial charge in [0.1, 0.15) is 5.76 Å². The van der Waals surface area contributed by atoms with Crippen molar-refractivity contribution >= 4 is 6.08 Å². The van der Waals surface area contributed by atoms with Crippen molar-refractivity contribution in [3.8, 4) is 0 Å². The number of imidazole rings is 1. The zero-order valence-corrected chi connectivity index (χ0v) is 17.0. The van der Waals surface area contributed by atoms with Crippen molar-refractivity contribution in [2.24, 2.45) is 0 Å². The molecule has 4 nitrogen and oxygen atoms in total. The second-order valence-corrected chi connectivity index (χ2v) is 5.38. The van der Waals surface area contributed by atoms with Gasteiger partial charge in [0.25, 0.3) is 0 Å². The SMILES string of the molecule is CC1([NH-])C=C2C(=CC1)OCCC/C2=C\c1cnc[nH]1.[Rb+]. The Morgan fingerprint density at radius 2 is 2.35 bits per heavy atom. The second-order valence-electron chi connectivity index (χ2n) is 5.38. The van der Waals surface area contributed by atoms with Crippen LogP contribution in [0.2, 0.25) is 0 Å². The maximum atomic E-state index is 8.24. The van der Waals surface area contributed by atoms with Crippen LogP contribution in [0.3, 0.4) is 0 Å². The van der Waals surface area contributed by atoms with E-state index in [-0.39, 0.29) is 58.2 Å². The Bertz CT molecular complexity index is 556. The molecule has 0 spiro atoms. The van der Waals surface area contributed by atoms with Crippen LogP contribution in [0.5, 0.6) is 0 Å². The third-order valence-electron chi connectivity index (χ3n) is 3.48. The zero-order chi connectivity index (χ0) is 13.3. The standard InChI is InChI=1S/C15H18N3O.Rb/c1-15(16)5-4-14-13(8-15)11(3-2-6-19-14)7-12-9-17-10-18-12;/h4,7-10,16H,2-3,5-6H2,1H3,(H,17,18);/q-1;+1/b11-7+;. The summed E-state index contributed by atoms with van der Waals surface area (Å²) in [6.07, 6.45) is 12.4. The quantitative estimate of drug-likeness (QED) is 0.814. The summed E-state index contributed by atoms with van der Waals surface area (Å²) in [5.74, 6) is 0.938. The summed E-state index contributed by atoms with van der Waals surface area (Å²) in [6.45, 7) is 2.68. The molecule has 1 saturated heterocycles. The average molecular weight is 342 g/mol. The number of allylic oxidation sites excluding steroid dienone is 1. The maximum absolute atomic E-state index is 8.24. The molecule has 1 aliphatic heterocycles. The molecule has 2 N–H and O–H groups in total. The van der Waals surface area contributed by atoms with E-state index in [1.54, 1.807) is 6.33 Å². The van der Waals surface area contributed by atoms with Crippen LogP contribution in [0.15, 0.2) is 41.6 Å². The van der Waals surface area contributed by atoms with Gasteiger partial charge < -0.3 is 15.5 Å². The van der Waals surface area contributed by atoms with Gasteiger partial charge in [-0.25, -0.2) is 4.98 Å². The molecule has 1 atom stereocenters. The molecule has 1 unspecified atom stereocenters. The largest absolute Gasteiger partial charge is 1.00 e. The Hall–Kier alpha value is -0.00481. The van der Waals surface area contributed by atoms with Gasteiger partial charge >= 0.3 is 58.2 Å². The van der Waals surface area contributed by atoms with Crippen molar-refractivity contribution in [2.45, 2.75) is 31.7 Å². The molecule has 0 radical (unpaired) electrons. The average Bonchev–Trinajstić information content (AvgIpc) is 2.79. The number of hydrogen-bond acceptors (Lipinski definition) is 2. The summed E-state index contributed by atoms with van der Waals surface area (Å²) in [4.78, 5) is 7.14. The van der Waals surface area contributed by atoms with Crippen LogP contribution in [0.4, 0.5) is 0 Å². The van der Waals surface area contributed by atoms with Crippen LogP contribution in [0.1, 0.15) is 31.9 Å². The normalized spacial score (nSPS) is 27.6. The Kier molecular flexibility index (Phi) is 5.59. The molecule has 1 aromatic rings. The van der Waals surface area contributed by atoms with Gasteiger partial charge in [-0.1, -0.05) is 13.0 Å². The van der Waals surface area contributed by atoms with Crippen LogP contribution < -0.4 is 58.2 Å². The van der Waals surface area contributed by atoms with Gasteiger partial charge in [-0.3, -0.25) is 0 Å². The van der Waals surface area contributed by atoms with E-state index in [4.69, 9.17) is 10.5 Å². The van der Waals surface area contributed by atoms with Gasteiger partial charge in [-0.15, -0.1) is 5.54 Å². The molecule has 2 heterocycles. The molecule has 100 valence electrons. The molecule has 0 bridgehead atoms.